The summed E-state index contributed by atoms with van der Waals surface area (Å²) in [4.78, 5) is 92.0. The third kappa shape index (κ3) is 16.7. The molecule has 5 N–H and O–H groups in total. The molecule has 4 fully saturated rings. The van der Waals surface area contributed by atoms with Gasteiger partial charge in [0.2, 0.25) is 23.6 Å². The molecule has 8 rings (SSSR count). The first-order valence-corrected chi connectivity index (χ1v) is 28.5. The molecule has 15 heteroatoms. The molecule has 2 heterocycles. The van der Waals surface area contributed by atoms with Gasteiger partial charge in [-0.05, 0) is 129 Å². The number of benzene rings is 4. The van der Waals surface area contributed by atoms with Crippen LogP contribution >= 0.6 is 0 Å². The van der Waals surface area contributed by atoms with Crippen LogP contribution in [0.5, 0.6) is 0 Å². The summed E-state index contributed by atoms with van der Waals surface area (Å²) in [6.45, 7) is 4.86. The standard InChI is InChI=1S/C60H79N7O6.2CH4O/c1-3-53(68)62-55(45-22-12-6-13-23-45)59(72)66-34-16-26-51(66)41-64(36-32-43-18-8-4-9-19-43)57(70)49-30-28-48-39-50(31-29-47(48)38-49)58(71)65(37-33-44-20-10-5-11-21-44)42-52-27-17-35-67(52)60(73)56(63-54(69)40-61-2)46-24-14-7-15-25-46;2*1-2/h4-5,8-11,18-21,28-31,38-39,45-46,51-52,55-56,61H,3,6-7,12-17,22-27,32-37,40-42H2,1-2H3,(H,62,68)(H,63,69);2*2H,1H3. The number of fused-ring (bicyclic) bond motifs is 1. The van der Waals surface area contributed by atoms with E-state index in [0.717, 1.165) is 126 Å². The fourth-order valence-corrected chi connectivity index (χ4v) is 12.1. The highest BCUT2D eigenvalue weighted by molar-refractivity contribution is 6.02. The van der Waals surface area contributed by atoms with Gasteiger partial charge in [0, 0.05) is 83.1 Å². The molecule has 0 bridgehead atoms. The molecule has 0 spiro atoms. The predicted octanol–water partition coefficient (Wildman–Crippen LogP) is 7.17. The zero-order valence-corrected chi connectivity index (χ0v) is 46.3. The minimum atomic E-state index is -0.588. The smallest absolute Gasteiger partial charge is 0.253 e. The van der Waals surface area contributed by atoms with Gasteiger partial charge in [0.15, 0.2) is 0 Å². The summed E-state index contributed by atoms with van der Waals surface area (Å²) in [7, 11) is 3.73. The number of carbonyl (C=O) groups is 6. The van der Waals surface area contributed by atoms with Crippen molar-refractivity contribution >= 4 is 46.2 Å². The average molecular weight is 1060 g/mol. The highest BCUT2D eigenvalue weighted by atomic mass is 16.2. The van der Waals surface area contributed by atoms with Gasteiger partial charge in [-0.15, -0.1) is 0 Å². The molecule has 2 saturated heterocycles. The Bertz CT molecular complexity index is 2500. The number of hydrogen-bond donors (Lipinski definition) is 5. The molecule has 2 aliphatic carbocycles. The summed E-state index contributed by atoms with van der Waals surface area (Å²) in [6.07, 6.45) is 15.0. The Balaban J connectivity index is 0.00000235. The van der Waals surface area contributed by atoms with E-state index in [9.17, 15) is 28.8 Å². The van der Waals surface area contributed by atoms with E-state index in [1.165, 1.54) is 0 Å². The Labute approximate surface area is 457 Å². The van der Waals surface area contributed by atoms with E-state index in [1.54, 1.807) is 7.05 Å². The molecule has 2 saturated carbocycles. The summed E-state index contributed by atoms with van der Waals surface area (Å²) in [5.74, 6) is -0.392. The van der Waals surface area contributed by atoms with E-state index in [4.69, 9.17) is 10.2 Å². The number of likely N-dealkylation sites (tertiary alicyclic amines) is 2. The summed E-state index contributed by atoms with van der Waals surface area (Å²) in [5, 5.41) is 24.8. The topological polar surface area (TPSA) is 192 Å². The fraction of sp³-hybridized carbons (Fsp3) is 0.548. The van der Waals surface area contributed by atoms with Gasteiger partial charge in [-0.2, -0.15) is 0 Å². The maximum atomic E-state index is 14.8. The zero-order chi connectivity index (χ0) is 55.1. The third-order valence-corrected chi connectivity index (χ3v) is 16.2. The Hall–Kier alpha value is -6.16. The van der Waals surface area contributed by atoms with E-state index in [-0.39, 0.29) is 65.9 Å². The van der Waals surface area contributed by atoms with Gasteiger partial charge in [-0.1, -0.05) is 118 Å². The molecule has 4 aliphatic rings. The summed E-state index contributed by atoms with van der Waals surface area (Å²) in [6, 6.07) is 30.1. The molecular formula is C62H87N7O8. The minimum absolute atomic E-state index is 0.0237. The number of amides is 6. The largest absolute Gasteiger partial charge is 0.400 e. The van der Waals surface area contributed by atoms with Crippen LogP contribution in [0.25, 0.3) is 10.8 Å². The summed E-state index contributed by atoms with van der Waals surface area (Å²) < 4.78 is 0. The lowest BCUT2D eigenvalue weighted by atomic mass is 9.83. The number of nitrogens with one attached hydrogen (secondary N) is 3. The van der Waals surface area contributed by atoms with Crippen molar-refractivity contribution in [3.63, 3.8) is 0 Å². The predicted molar refractivity (Wildman–Crippen MR) is 303 cm³/mol. The maximum absolute atomic E-state index is 14.8. The second kappa shape index (κ2) is 31.3. The van der Waals surface area contributed by atoms with Crippen LogP contribution in [0.4, 0.5) is 0 Å². The van der Waals surface area contributed by atoms with Crippen LogP contribution in [0.2, 0.25) is 0 Å². The van der Waals surface area contributed by atoms with Gasteiger partial charge in [0.05, 0.1) is 6.54 Å². The molecule has 15 nitrogen and oxygen atoms in total. The number of nitrogens with zero attached hydrogens (tertiary/aromatic N) is 4. The monoisotopic (exact) mass is 1060 g/mol. The maximum Gasteiger partial charge on any atom is 0.253 e. The zero-order valence-electron chi connectivity index (χ0n) is 46.3. The molecule has 77 heavy (non-hydrogen) atoms. The first kappa shape index (κ1) is 60.1. The van der Waals surface area contributed by atoms with Crippen LogP contribution in [-0.2, 0) is 32.0 Å². The molecule has 418 valence electrons. The van der Waals surface area contributed by atoms with Crippen LogP contribution in [0, 0.1) is 11.8 Å². The Morgan fingerprint density at radius 2 is 0.935 bits per heavy atom. The van der Waals surface area contributed by atoms with Crippen LogP contribution in [0.1, 0.15) is 135 Å². The van der Waals surface area contributed by atoms with Crippen molar-refractivity contribution in [1.29, 1.82) is 0 Å². The van der Waals surface area contributed by atoms with Gasteiger partial charge >= 0.3 is 0 Å². The fourth-order valence-electron chi connectivity index (χ4n) is 12.1. The molecule has 0 aromatic heterocycles. The second-order valence-electron chi connectivity index (χ2n) is 21.2. The van der Waals surface area contributed by atoms with Crippen molar-refractivity contribution in [2.24, 2.45) is 11.8 Å². The van der Waals surface area contributed by atoms with E-state index in [0.29, 0.717) is 69.7 Å². The first-order chi connectivity index (χ1) is 37.6. The van der Waals surface area contributed by atoms with Gasteiger partial charge in [0.25, 0.3) is 11.8 Å². The molecule has 2 aliphatic heterocycles. The molecule has 4 aromatic rings. The van der Waals surface area contributed by atoms with Gasteiger partial charge in [-0.25, -0.2) is 0 Å². The lowest BCUT2D eigenvalue weighted by molar-refractivity contribution is -0.139. The van der Waals surface area contributed by atoms with Crippen molar-refractivity contribution in [2.45, 2.75) is 140 Å². The van der Waals surface area contributed by atoms with Crippen molar-refractivity contribution in [3.8, 4) is 0 Å². The number of aliphatic hydroxyl groups excluding tert-OH is 2. The highest BCUT2D eigenvalue weighted by Crippen LogP contribution is 2.32. The van der Waals surface area contributed by atoms with Crippen LogP contribution in [0.3, 0.4) is 0 Å². The molecule has 0 radical (unpaired) electrons. The minimum Gasteiger partial charge on any atom is -0.400 e. The SMILES string of the molecule is CCC(=O)NC(C(=O)N1CCCC1CN(CCc1ccccc1)C(=O)c1ccc2cc(C(=O)N(CCc3ccccc3)CC3CCCN3C(=O)C(NC(=O)CNC)C3CCCCC3)ccc2c1)C1CCCCC1.CO.CO. The van der Waals surface area contributed by atoms with Crippen LogP contribution < -0.4 is 16.0 Å². The summed E-state index contributed by atoms with van der Waals surface area (Å²) in [5.41, 5.74) is 3.31. The number of hydrogen-bond acceptors (Lipinski definition) is 9. The number of rotatable bonds is 21. The highest BCUT2D eigenvalue weighted by Gasteiger charge is 2.41. The molecule has 4 unspecified atom stereocenters. The van der Waals surface area contributed by atoms with Gasteiger partial charge in [0.1, 0.15) is 12.1 Å². The molecule has 4 aromatic carbocycles. The van der Waals surface area contributed by atoms with Crippen molar-refractivity contribution in [2.75, 3.05) is 67.1 Å². The average Bonchev–Trinajstić information content (AvgIpc) is 4.17. The van der Waals surface area contributed by atoms with Crippen molar-refractivity contribution < 1.29 is 39.0 Å². The van der Waals surface area contributed by atoms with Gasteiger partial charge < -0.3 is 45.8 Å². The van der Waals surface area contributed by atoms with E-state index >= 15 is 0 Å². The third-order valence-electron chi connectivity index (χ3n) is 16.2. The summed E-state index contributed by atoms with van der Waals surface area (Å²) >= 11 is 0. The van der Waals surface area contributed by atoms with Crippen LogP contribution in [-0.4, -0.2) is 157 Å². The first-order valence-electron chi connectivity index (χ1n) is 28.5. The Morgan fingerprint density at radius 1 is 0.532 bits per heavy atom. The lowest BCUT2D eigenvalue weighted by Crippen LogP contribution is -2.56. The van der Waals surface area contributed by atoms with Crippen molar-refractivity contribution in [3.05, 3.63) is 119 Å². The number of aliphatic hydroxyl groups is 2. The van der Waals surface area contributed by atoms with E-state index in [1.807, 2.05) is 99.3 Å². The normalized spacial score (nSPS) is 18.5. The molecule has 6 amide bonds. The molecular weight excluding hydrogens is 971 g/mol. The quantitative estimate of drug-likeness (QED) is 0.0576. The number of likely N-dealkylation sites (N-methyl/N-ethyl adjacent to an activating group) is 1. The Morgan fingerprint density at radius 3 is 1.32 bits per heavy atom. The van der Waals surface area contributed by atoms with E-state index < -0.39 is 12.1 Å². The number of carbonyl (C=O) groups excluding carboxylic acids is 6. The van der Waals surface area contributed by atoms with E-state index in [2.05, 4.69) is 40.2 Å². The molecule has 4 atom stereocenters. The van der Waals surface area contributed by atoms with Crippen molar-refractivity contribution in [1.82, 2.24) is 35.6 Å². The van der Waals surface area contributed by atoms with Crippen LogP contribution in [0.15, 0.2) is 97.1 Å². The lowest BCUT2D eigenvalue weighted by Gasteiger charge is -2.36. The van der Waals surface area contributed by atoms with Gasteiger partial charge in [-0.3, -0.25) is 28.8 Å². The Kier molecular flexibility index (Phi) is 24.4. The second-order valence-corrected chi connectivity index (χ2v) is 21.2.